The van der Waals surface area contributed by atoms with Crippen LogP contribution in [-0.4, -0.2) is 29.3 Å². The second-order valence-electron chi connectivity index (χ2n) is 5.22. The molecule has 3 N–H and O–H groups in total. The quantitative estimate of drug-likeness (QED) is 0.623. The van der Waals surface area contributed by atoms with Crippen molar-refractivity contribution in [3.8, 4) is 5.75 Å². The van der Waals surface area contributed by atoms with E-state index in [1.54, 1.807) is 19.2 Å². The van der Waals surface area contributed by atoms with Gasteiger partial charge in [0.15, 0.2) is 0 Å². The average molecular weight is 308 g/mol. The summed E-state index contributed by atoms with van der Waals surface area (Å²) >= 11 is 0. The second kappa shape index (κ2) is 6.68. The summed E-state index contributed by atoms with van der Waals surface area (Å²) in [6.07, 6.45) is 0. The number of benzene rings is 2. The second-order valence-corrected chi connectivity index (χ2v) is 5.22. The molecule has 0 fully saturated rings. The highest BCUT2D eigenvalue weighted by Gasteiger charge is 2.09. The number of aromatic nitrogens is 1. The Hall–Kier alpha value is -2.57. The topological polar surface area (TPSA) is 74.6 Å². The molecule has 0 atom stereocenters. The number of nitrogens with one attached hydrogen (secondary N) is 1. The fourth-order valence-corrected chi connectivity index (χ4v) is 2.33. The van der Waals surface area contributed by atoms with E-state index >= 15 is 0 Å². The minimum absolute atomic E-state index is 0.478. The Morgan fingerprint density at radius 2 is 1.83 bits per heavy atom. The fourth-order valence-electron chi connectivity index (χ4n) is 2.33. The van der Waals surface area contributed by atoms with Gasteiger partial charge in [0.2, 0.25) is 0 Å². The van der Waals surface area contributed by atoms with Crippen molar-refractivity contribution in [2.45, 2.75) is 6.54 Å². The number of anilines is 1. The average Bonchev–Trinajstić information content (AvgIpc) is 2.59. The first-order chi connectivity index (χ1) is 11.2. The van der Waals surface area contributed by atoms with Gasteiger partial charge in [-0.2, -0.15) is 0 Å². The number of nitrogens with zero attached hydrogens (tertiary/aromatic N) is 1. The molecule has 0 amide bonds. The Bertz CT molecular complexity index is 807. The van der Waals surface area contributed by atoms with Gasteiger partial charge in [-0.05, 0) is 41.4 Å². The van der Waals surface area contributed by atoms with Crippen LogP contribution in [0.5, 0.6) is 5.75 Å². The van der Waals surface area contributed by atoms with E-state index in [9.17, 15) is 0 Å². The Morgan fingerprint density at radius 1 is 1.04 bits per heavy atom. The van der Waals surface area contributed by atoms with Gasteiger partial charge in [0.25, 0.3) is 0 Å². The van der Waals surface area contributed by atoms with Crippen molar-refractivity contribution in [1.29, 1.82) is 0 Å². The standard InChI is InChI=1S/C17H17BN2O3/c1-23-15-7-8-16-13(10-15)4-9-17(20-16)19-11-12-2-5-14(6-3-12)18(21)22/h2-10,21-22H,11H2,1H3,(H,19,20). The molecule has 2 aromatic carbocycles. The maximum absolute atomic E-state index is 9.08. The van der Waals surface area contributed by atoms with Gasteiger partial charge in [-0.1, -0.05) is 24.3 Å². The molecule has 3 aromatic rings. The van der Waals surface area contributed by atoms with Crippen LogP contribution in [0.15, 0.2) is 54.6 Å². The third-order valence-corrected chi connectivity index (χ3v) is 3.65. The lowest BCUT2D eigenvalue weighted by molar-refractivity contribution is 0.415. The first-order valence-electron chi connectivity index (χ1n) is 7.29. The molecule has 0 radical (unpaired) electrons. The highest BCUT2D eigenvalue weighted by atomic mass is 16.5. The van der Waals surface area contributed by atoms with Crippen LogP contribution in [0.2, 0.25) is 0 Å². The lowest BCUT2D eigenvalue weighted by atomic mass is 9.80. The van der Waals surface area contributed by atoms with Crippen molar-refractivity contribution in [2.24, 2.45) is 0 Å². The van der Waals surface area contributed by atoms with Crippen molar-refractivity contribution in [1.82, 2.24) is 4.98 Å². The summed E-state index contributed by atoms with van der Waals surface area (Å²) in [4.78, 5) is 4.56. The molecule has 0 aliphatic carbocycles. The summed E-state index contributed by atoms with van der Waals surface area (Å²) in [6.45, 7) is 0.608. The first kappa shape index (κ1) is 15.3. The van der Waals surface area contributed by atoms with Crippen LogP contribution in [0.25, 0.3) is 10.9 Å². The zero-order valence-corrected chi connectivity index (χ0v) is 12.7. The Morgan fingerprint density at radius 3 is 2.52 bits per heavy atom. The maximum Gasteiger partial charge on any atom is 0.488 e. The SMILES string of the molecule is COc1ccc2nc(NCc3ccc(B(O)O)cc3)ccc2c1. The molecule has 0 spiro atoms. The molecule has 116 valence electrons. The van der Waals surface area contributed by atoms with E-state index < -0.39 is 7.12 Å². The summed E-state index contributed by atoms with van der Waals surface area (Å²) in [5.41, 5.74) is 2.41. The lowest BCUT2D eigenvalue weighted by Crippen LogP contribution is -2.29. The molecule has 1 heterocycles. The highest BCUT2D eigenvalue weighted by molar-refractivity contribution is 6.58. The van der Waals surface area contributed by atoms with Crippen LogP contribution in [0.1, 0.15) is 5.56 Å². The van der Waals surface area contributed by atoms with E-state index in [0.717, 1.165) is 28.0 Å². The minimum atomic E-state index is -1.43. The predicted octanol–water partition coefficient (Wildman–Crippen LogP) is 1.54. The maximum atomic E-state index is 9.08. The molecule has 0 saturated carbocycles. The van der Waals surface area contributed by atoms with E-state index in [-0.39, 0.29) is 0 Å². The first-order valence-corrected chi connectivity index (χ1v) is 7.29. The largest absolute Gasteiger partial charge is 0.497 e. The van der Waals surface area contributed by atoms with Crippen LogP contribution in [0.3, 0.4) is 0 Å². The minimum Gasteiger partial charge on any atom is -0.497 e. The van der Waals surface area contributed by atoms with Crippen LogP contribution in [0, 0.1) is 0 Å². The van der Waals surface area contributed by atoms with Gasteiger partial charge in [0, 0.05) is 11.9 Å². The van der Waals surface area contributed by atoms with Crippen LogP contribution >= 0.6 is 0 Å². The molecule has 0 aliphatic heterocycles. The number of fused-ring (bicyclic) bond motifs is 1. The summed E-state index contributed by atoms with van der Waals surface area (Å²) in [6, 6.07) is 16.8. The predicted molar refractivity (Wildman–Crippen MR) is 91.9 cm³/mol. The lowest BCUT2D eigenvalue weighted by Gasteiger charge is -2.08. The number of methoxy groups -OCH3 is 1. The molecular formula is C17H17BN2O3. The van der Waals surface area contributed by atoms with E-state index in [4.69, 9.17) is 14.8 Å². The van der Waals surface area contributed by atoms with Crippen LogP contribution in [-0.2, 0) is 6.54 Å². The highest BCUT2D eigenvalue weighted by Crippen LogP contribution is 2.21. The summed E-state index contributed by atoms with van der Waals surface area (Å²) in [5, 5.41) is 22.5. The Kier molecular flexibility index (Phi) is 4.46. The monoisotopic (exact) mass is 308 g/mol. The molecule has 5 nitrogen and oxygen atoms in total. The number of pyridine rings is 1. The van der Waals surface area contributed by atoms with Gasteiger partial charge in [0.1, 0.15) is 11.6 Å². The summed E-state index contributed by atoms with van der Waals surface area (Å²) in [7, 11) is 0.210. The molecule has 0 saturated heterocycles. The summed E-state index contributed by atoms with van der Waals surface area (Å²) < 4.78 is 5.21. The molecule has 23 heavy (non-hydrogen) atoms. The molecule has 0 bridgehead atoms. The zero-order valence-electron chi connectivity index (χ0n) is 12.7. The Labute approximate surface area is 134 Å². The van der Waals surface area contributed by atoms with Crippen molar-refractivity contribution < 1.29 is 14.8 Å². The molecule has 6 heteroatoms. The van der Waals surface area contributed by atoms with E-state index in [1.807, 2.05) is 42.5 Å². The van der Waals surface area contributed by atoms with Gasteiger partial charge >= 0.3 is 7.12 Å². The third kappa shape index (κ3) is 3.61. The number of hydrogen-bond donors (Lipinski definition) is 3. The van der Waals surface area contributed by atoms with Gasteiger partial charge in [-0.15, -0.1) is 0 Å². The molecule has 1 aromatic heterocycles. The molecular weight excluding hydrogens is 291 g/mol. The molecule has 0 aliphatic rings. The van der Waals surface area contributed by atoms with Gasteiger partial charge in [-0.25, -0.2) is 4.98 Å². The van der Waals surface area contributed by atoms with Crippen molar-refractivity contribution in [3.05, 3.63) is 60.2 Å². The number of rotatable bonds is 5. The van der Waals surface area contributed by atoms with E-state index in [0.29, 0.717) is 12.0 Å². The Balaban J connectivity index is 1.71. The van der Waals surface area contributed by atoms with Crippen molar-refractivity contribution in [3.63, 3.8) is 0 Å². The van der Waals surface area contributed by atoms with E-state index in [1.165, 1.54) is 0 Å². The van der Waals surface area contributed by atoms with Crippen molar-refractivity contribution in [2.75, 3.05) is 12.4 Å². The van der Waals surface area contributed by atoms with Gasteiger partial charge in [0.05, 0.1) is 12.6 Å². The van der Waals surface area contributed by atoms with E-state index in [2.05, 4.69) is 10.3 Å². The summed E-state index contributed by atoms with van der Waals surface area (Å²) in [5.74, 6) is 1.60. The van der Waals surface area contributed by atoms with Crippen molar-refractivity contribution >= 4 is 29.3 Å². The van der Waals surface area contributed by atoms with Gasteiger partial charge < -0.3 is 20.1 Å². The van der Waals surface area contributed by atoms with Crippen LogP contribution in [0.4, 0.5) is 5.82 Å². The number of ether oxygens (including phenoxy) is 1. The number of hydrogen-bond acceptors (Lipinski definition) is 5. The normalized spacial score (nSPS) is 10.6. The zero-order chi connectivity index (χ0) is 16.2. The van der Waals surface area contributed by atoms with Crippen LogP contribution < -0.4 is 15.5 Å². The van der Waals surface area contributed by atoms with Gasteiger partial charge in [-0.3, -0.25) is 0 Å². The fraction of sp³-hybridized carbons (Fsp3) is 0.118. The molecule has 3 rings (SSSR count). The smallest absolute Gasteiger partial charge is 0.488 e. The third-order valence-electron chi connectivity index (χ3n) is 3.65. The molecule has 0 unspecified atom stereocenters.